The van der Waals surface area contributed by atoms with Crippen molar-refractivity contribution in [2.24, 2.45) is 0 Å². The number of halogens is 1. The van der Waals surface area contributed by atoms with Crippen LogP contribution < -0.4 is 5.19 Å². The van der Waals surface area contributed by atoms with Crippen LogP contribution >= 0.6 is 11.3 Å². The molecule has 6 aromatic rings. The molecule has 0 unspecified atom stereocenters. The van der Waals surface area contributed by atoms with Crippen LogP contribution in [0.15, 0.2) is 97.3 Å². The fourth-order valence-corrected chi connectivity index (χ4v) is 6.20. The maximum atomic E-state index is 13.0. The first-order valence-corrected chi connectivity index (χ1v) is 16.1. The molecular formula is C31H25FIrN2SSi-2. The minimum Gasteiger partial charge on any atom is -0.305 e. The molecule has 0 saturated carbocycles. The molecule has 0 aliphatic carbocycles. The van der Waals surface area contributed by atoms with Crippen molar-refractivity contribution in [3.05, 3.63) is 115 Å². The van der Waals surface area contributed by atoms with Gasteiger partial charge in [0.2, 0.25) is 0 Å². The maximum absolute atomic E-state index is 13.0. The van der Waals surface area contributed by atoms with Gasteiger partial charge in [-0.25, -0.2) is 4.39 Å². The molecule has 3 aromatic heterocycles. The topological polar surface area (TPSA) is 25.8 Å². The molecular weight excluding hydrogens is 672 g/mol. The normalized spacial score (nSPS) is 11.0. The molecule has 6 heteroatoms. The summed E-state index contributed by atoms with van der Waals surface area (Å²) in [5, 5.41) is 3.84. The van der Waals surface area contributed by atoms with Crippen molar-refractivity contribution in [1.29, 1.82) is 0 Å². The van der Waals surface area contributed by atoms with Crippen LogP contribution in [0.3, 0.4) is 0 Å². The van der Waals surface area contributed by atoms with Crippen LogP contribution in [-0.4, -0.2) is 18.0 Å². The molecule has 3 heterocycles. The predicted molar refractivity (Wildman–Crippen MR) is 153 cm³/mol. The van der Waals surface area contributed by atoms with Crippen molar-refractivity contribution in [2.75, 3.05) is 0 Å². The van der Waals surface area contributed by atoms with Crippen LogP contribution in [0.1, 0.15) is 0 Å². The Balaban J connectivity index is 0.000000173. The van der Waals surface area contributed by atoms with Crippen molar-refractivity contribution in [2.45, 2.75) is 19.6 Å². The Labute approximate surface area is 235 Å². The van der Waals surface area contributed by atoms with Gasteiger partial charge < -0.3 is 9.97 Å². The molecule has 187 valence electrons. The number of hydrogen-bond donors (Lipinski definition) is 0. The number of fused-ring (bicyclic) bond motifs is 3. The van der Waals surface area contributed by atoms with Gasteiger partial charge in [0.05, 0.1) is 14.3 Å². The van der Waals surface area contributed by atoms with Gasteiger partial charge in [-0.05, 0) is 38.8 Å². The van der Waals surface area contributed by atoms with E-state index in [4.69, 9.17) is 0 Å². The summed E-state index contributed by atoms with van der Waals surface area (Å²) in [4.78, 5) is 8.69. The van der Waals surface area contributed by atoms with E-state index in [0.29, 0.717) is 0 Å². The summed E-state index contributed by atoms with van der Waals surface area (Å²) in [5.41, 5.74) is 3.75. The molecule has 2 nitrogen and oxygen atoms in total. The SMILES string of the molecule is C[Si](C)(C)c1ccc(-c2[c-]cccc2)nc1.Fc1ccc(-c2[c-]ccc3c2sc2ccccc23)nc1.[Ir]. The summed E-state index contributed by atoms with van der Waals surface area (Å²) < 4.78 is 15.4. The van der Waals surface area contributed by atoms with Crippen molar-refractivity contribution in [3.63, 3.8) is 0 Å². The Bertz CT molecular complexity index is 1610. The molecule has 0 N–H and O–H groups in total. The number of nitrogens with zero attached hydrogens (tertiary/aromatic N) is 2. The van der Waals surface area contributed by atoms with Gasteiger partial charge in [-0.3, -0.25) is 0 Å². The number of aromatic nitrogens is 2. The van der Waals surface area contributed by atoms with Gasteiger partial charge in [0.25, 0.3) is 0 Å². The van der Waals surface area contributed by atoms with E-state index in [0.717, 1.165) is 27.2 Å². The first-order valence-electron chi connectivity index (χ1n) is 11.8. The molecule has 0 aliphatic heterocycles. The molecule has 6 rings (SSSR count). The number of pyridine rings is 2. The van der Waals surface area contributed by atoms with E-state index in [1.54, 1.807) is 17.4 Å². The van der Waals surface area contributed by atoms with Crippen LogP contribution in [0.2, 0.25) is 19.6 Å². The van der Waals surface area contributed by atoms with E-state index in [-0.39, 0.29) is 25.9 Å². The monoisotopic (exact) mass is 697 g/mol. The number of hydrogen-bond acceptors (Lipinski definition) is 3. The van der Waals surface area contributed by atoms with Crippen LogP contribution in [0.4, 0.5) is 4.39 Å². The van der Waals surface area contributed by atoms with Crippen LogP contribution in [0.5, 0.6) is 0 Å². The molecule has 0 aliphatic rings. The summed E-state index contributed by atoms with van der Waals surface area (Å²) in [7, 11) is -1.23. The number of thiophene rings is 1. The second kappa shape index (κ2) is 11.6. The molecule has 0 atom stereocenters. The Kier molecular flexibility index (Phi) is 8.45. The summed E-state index contributed by atoms with van der Waals surface area (Å²) in [6.07, 6.45) is 3.26. The van der Waals surface area contributed by atoms with E-state index in [1.165, 1.54) is 32.9 Å². The van der Waals surface area contributed by atoms with Gasteiger partial charge >= 0.3 is 0 Å². The molecule has 0 fully saturated rings. The second-order valence-electron chi connectivity index (χ2n) is 9.51. The molecule has 1 radical (unpaired) electrons. The first kappa shape index (κ1) is 27.0. The third-order valence-corrected chi connectivity index (χ3v) is 9.17. The minimum atomic E-state index is -1.23. The van der Waals surface area contributed by atoms with E-state index < -0.39 is 8.07 Å². The Hall–Kier alpha value is -3.02. The van der Waals surface area contributed by atoms with E-state index in [2.05, 4.69) is 72.1 Å². The van der Waals surface area contributed by atoms with Gasteiger partial charge in [-0.15, -0.1) is 59.7 Å². The molecule has 37 heavy (non-hydrogen) atoms. The summed E-state index contributed by atoms with van der Waals surface area (Å²) in [5.74, 6) is -0.322. The zero-order valence-corrected chi connectivity index (χ0v) is 25.0. The predicted octanol–water partition coefficient (Wildman–Crippen LogP) is 8.15. The van der Waals surface area contributed by atoms with Crippen molar-refractivity contribution in [1.82, 2.24) is 9.97 Å². The van der Waals surface area contributed by atoms with Crippen molar-refractivity contribution >= 4 is 44.8 Å². The number of benzene rings is 3. The average Bonchev–Trinajstić information content (AvgIpc) is 3.29. The minimum absolute atomic E-state index is 0. The summed E-state index contributed by atoms with van der Waals surface area (Å²) in [6.45, 7) is 7.00. The number of rotatable bonds is 3. The molecule has 0 amide bonds. The fraction of sp³-hybridized carbons (Fsp3) is 0.0968. The van der Waals surface area contributed by atoms with Gasteiger partial charge in [0.1, 0.15) is 5.82 Å². The van der Waals surface area contributed by atoms with E-state index in [1.807, 2.05) is 48.7 Å². The van der Waals surface area contributed by atoms with Crippen LogP contribution in [0.25, 0.3) is 42.7 Å². The Morgan fingerprint density at radius 2 is 1.49 bits per heavy atom. The van der Waals surface area contributed by atoms with Crippen molar-refractivity contribution < 1.29 is 24.5 Å². The third kappa shape index (κ3) is 6.11. The summed E-state index contributed by atoms with van der Waals surface area (Å²) >= 11 is 1.72. The third-order valence-electron chi connectivity index (χ3n) is 5.94. The molecule has 3 aromatic carbocycles. The Morgan fingerprint density at radius 1 is 0.730 bits per heavy atom. The quantitative estimate of drug-likeness (QED) is 0.138. The average molecular weight is 697 g/mol. The van der Waals surface area contributed by atoms with E-state index >= 15 is 0 Å². The molecule has 0 spiro atoms. The Morgan fingerprint density at radius 3 is 2.16 bits per heavy atom. The van der Waals surface area contributed by atoms with Gasteiger partial charge in [-0.2, -0.15) is 11.3 Å². The van der Waals surface area contributed by atoms with Crippen LogP contribution in [0, 0.1) is 17.9 Å². The molecule has 0 saturated heterocycles. The van der Waals surface area contributed by atoms with Crippen molar-refractivity contribution in [3.8, 4) is 22.5 Å². The summed E-state index contributed by atoms with van der Waals surface area (Å²) in [6, 6.07) is 34.1. The van der Waals surface area contributed by atoms with E-state index in [9.17, 15) is 4.39 Å². The van der Waals surface area contributed by atoms with Gasteiger partial charge in [0.15, 0.2) is 0 Å². The zero-order valence-electron chi connectivity index (χ0n) is 20.8. The van der Waals surface area contributed by atoms with Gasteiger partial charge in [0, 0.05) is 31.0 Å². The zero-order chi connectivity index (χ0) is 25.1. The maximum Gasteiger partial charge on any atom is 0.139 e. The smallest absolute Gasteiger partial charge is 0.139 e. The standard InChI is InChI=1S/C17H9FNS.C14H16NSi.Ir/c18-11-8-9-15(19-10-11)14-6-3-5-13-12-4-1-2-7-16(12)20-17(13)14;1-16(2,3)13-9-10-14(15-11-13)12-7-5-4-6-8-12;/h1-5,7-10H;4-7,9-11H,1-3H3;/q2*-1;. The second-order valence-corrected chi connectivity index (χ2v) is 15.6. The largest absolute Gasteiger partial charge is 0.305 e. The first-order chi connectivity index (χ1) is 17.4. The molecule has 0 bridgehead atoms. The van der Waals surface area contributed by atoms with Gasteiger partial charge in [-0.1, -0.05) is 61.4 Å². The fourth-order valence-electron chi connectivity index (χ4n) is 3.95. The van der Waals surface area contributed by atoms with Crippen LogP contribution in [-0.2, 0) is 20.1 Å².